The summed E-state index contributed by atoms with van der Waals surface area (Å²) >= 11 is 0. The molecule has 0 spiro atoms. The summed E-state index contributed by atoms with van der Waals surface area (Å²) in [5.41, 5.74) is 6.00. The monoisotopic (exact) mass is 320 g/mol. The van der Waals surface area contributed by atoms with E-state index in [-0.39, 0.29) is 29.3 Å². The van der Waals surface area contributed by atoms with Crippen molar-refractivity contribution in [2.24, 2.45) is 17.6 Å². The molecule has 20 heavy (non-hydrogen) atoms. The summed E-state index contributed by atoms with van der Waals surface area (Å²) in [6, 6.07) is 5.60. The molecule has 1 aliphatic carbocycles. The number of hydrogen-bond donors (Lipinski definition) is 1. The molecule has 4 nitrogen and oxygen atoms in total. The number of nitrogens with two attached hydrogens (primary N) is 1. The Labute approximate surface area is 124 Å². The first kappa shape index (κ1) is 15.7. The lowest BCUT2D eigenvalue weighted by Crippen LogP contribution is -2.33. The molecule has 0 amide bonds. The summed E-state index contributed by atoms with van der Waals surface area (Å²) in [5, 5.41) is 0. The van der Waals surface area contributed by atoms with Gasteiger partial charge in [-0.25, -0.2) is 12.8 Å². The molecule has 2 aliphatic rings. The first-order chi connectivity index (χ1) is 9.00. The molecule has 112 valence electrons. The van der Waals surface area contributed by atoms with Crippen LogP contribution < -0.4 is 5.73 Å². The zero-order valence-corrected chi connectivity index (χ0v) is 12.5. The molecule has 1 heterocycles. The topological polar surface area (TPSA) is 63.4 Å². The van der Waals surface area contributed by atoms with Crippen molar-refractivity contribution in [2.75, 3.05) is 13.1 Å². The largest absolute Gasteiger partial charge is 0.327 e. The molecule has 2 fully saturated rings. The molecule has 1 aromatic rings. The molecule has 1 aliphatic heterocycles. The molecule has 0 aromatic heterocycles. The van der Waals surface area contributed by atoms with Crippen molar-refractivity contribution in [1.29, 1.82) is 0 Å². The number of halogens is 2. The van der Waals surface area contributed by atoms with E-state index in [1.165, 1.54) is 22.5 Å². The van der Waals surface area contributed by atoms with Crippen molar-refractivity contribution in [3.63, 3.8) is 0 Å². The van der Waals surface area contributed by atoms with E-state index in [0.717, 1.165) is 12.8 Å². The van der Waals surface area contributed by atoms with Crippen LogP contribution in [0.2, 0.25) is 0 Å². The van der Waals surface area contributed by atoms with E-state index < -0.39 is 15.8 Å². The van der Waals surface area contributed by atoms with E-state index in [9.17, 15) is 12.8 Å². The van der Waals surface area contributed by atoms with Crippen LogP contribution in [-0.4, -0.2) is 31.9 Å². The maximum atomic E-state index is 13.7. The second-order valence-electron chi connectivity index (χ2n) is 5.42. The minimum atomic E-state index is -3.73. The van der Waals surface area contributed by atoms with Gasteiger partial charge in [-0.05, 0) is 36.8 Å². The first-order valence-corrected chi connectivity index (χ1v) is 7.94. The summed E-state index contributed by atoms with van der Waals surface area (Å²) in [5.74, 6) is -0.137. The van der Waals surface area contributed by atoms with Crippen molar-refractivity contribution in [3.8, 4) is 0 Å². The van der Waals surface area contributed by atoms with Gasteiger partial charge in [-0.1, -0.05) is 12.1 Å². The van der Waals surface area contributed by atoms with E-state index in [1.807, 2.05) is 0 Å². The fourth-order valence-electron chi connectivity index (χ4n) is 3.26. The van der Waals surface area contributed by atoms with Crippen LogP contribution in [0.3, 0.4) is 0 Å². The van der Waals surface area contributed by atoms with E-state index in [1.54, 1.807) is 6.07 Å². The molecule has 7 heteroatoms. The molecule has 3 unspecified atom stereocenters. The second-order valence-corrected chi connectivity index (χ2v) is 7.32. The molecule has 1 saturated heterocycles. The smallest absolute Gasteiger partial charge is 0.246 e. The maximum absolute atomic E-state index is 13.7. The van der Waals surface area contributed by atoms with Gasteiger partial charge in [0.15, 0.2) is 0 Å². The van der Waals surface area contributed by atoms with E-state index >= 15 is 0 Å². The van der Waals surface area contributed by atoms with Crippen molar-refractivity contribution >= 4 is 22.4 Å². The van der Waals surface area contributed by atoms with Gasteiger partial charge in [-0.2, -0.15) is 4.31 Å². The van der Waals surface area contributed by atoms with Crippen molar-refractivity contribution in [2.45, 2.75) is 23.8 Å². The van der Waals surface area contributed by atoms with Crippen LogP contribution in [0.1, 0.15) is 12.8 Å². The van der Waals surface area contributed by atoms with Gasteiger partial charge >= 0.3 is 0 Å². The standard InChI is InChI=1S/C13H17FN2O2S.ClH/c14-11-3-1-2-4-13(11)19(17,18)16-7-9-5-6-12(15)10(9)8-16;/h1-4,9-10,12H,5-8,15H2;1H. The zero-order valence-electron chi connectivity index (χ0n) is 10.9. The number of rotatable bonds is 2. The average molecular weight is 321 g/mol. The fraction of sp³-hybridized carbons (Fsp3) is 0.538. The maximum Gasteiger partial charge on any atom is 0.246 e. The highest BCUT2D eigenvalue weighted by Gasteiger charge is 2.45. The Balaban J connectivity index is 0.00000147. The Morgan fingerprint density at radius 2 is 1.90 bits per heavy atom. The number of sulfonamides is 1. The minimum absolute atomic E-state index is 0. The minimum Gasteiger partial charge on any atom is -0.327 e. The molecule has 3 rings (SSSR count). The lowest BCUT2D eigenvalue weighted by atomic mass is 9.98. The predicted molar refractivity (Wildman–Crippen MR) is 76.6 cm³/mol. The van der Waals surface area contributed by atoms with Crippen LogP contribution in [0.25, 0.3) is 0 Å². The quantitative estimate of drug-likeness (QED) is 0.900. The third-order valence-electron chi connectivity index (χ3n) is 4.33. The summed E-state index contributed by atoms with van der Waals surface area (Å²) in [4.78, 5) is -0.233. The van der Waals surface area contributed by atoms with Crippen LogP contribution in [0.15, 0.2) is 29.2 Å². The average Bonchev–Trinajstić information content (AvgIpc) is 2.93. The SMILES string of the molecule is Cl.NC1CCC2CN(S(=O)(=O)c3ccccc3F)CC12. The van der Waals surface area contributed by atoms with Gasteiger partial charge in [0.05, 0.1) is 0 Å². The molecule has 2 N–H and O–H groups in total. The summed E-state index contributed by atoms with van der Waals surface area (Å²) < 4.78 is 39.9. The normalized spacial score (nSPS) is 30.0. The summed E-state index contributed by atoms with van der Waals surface area (Å²) in [7, 11) is -3.73. The highest BCUT2D eigenvalue weighted by molar-refractivity contribution is 7.89. The predicted octanol–water partition coefficient (Wildman–Crippen LogP) is 1.61. The Hall–Kier alpha value is -0.690. The van der Waals surface area contributed by atoms with Gasteiger partial charge in [-0.15, -0.1) is 12.4 Å². The number of nitrogens with zero attached hydrogens (tertiary/aromatic N) is 1. The highest BCUT2D eigenvalue weighted by atomic mass is 35.5. The summed E-state index contributed by atoms with van der Waals surface area (Å²) in [6.07, 6.45) is 1.93. The third-order valence-corrected chi connectivity index (χ3v) is 6.20. The molecule has 3 atom stereocenters. The lowest BCUT2D eigenvalue weighted by molar-refractivity contribution is 0.424. The van der Waals surface area contributed by atoms with Crippen LogP contribution >= 0.6 is 12.4 Å². The lowest BCUT2D eigenvalue weighted by Gasteiger charge is -2.18. The van der Waals surface area contributed by atoms with Crippen LogP contribution in [-0.2, 0) is 10.0 Å². The van der Waals surface area contributed by atoms with Crippen molar-refractivity contribution in [3.05, 3.63) is 30.1 Å². The van der Waals surface area contributed by atoms with E-state index in [0.29, 0.717) is 19.0 Å². The highest BCUT2D eigenvalue weighted by Crippen LogP contribution is 2.39. The molecule has 1 saturated carbocycles. The molecule has 0 radical (unpaired) electrons. The Bertz CT molecular complexity index is 596. The Kier molecular flexibility index (Phi) is 4.39. The van der Waals surface area contributed by atoms with Gasteiger partial charge in [0.2, 0.25) is 10.0 Å². The van der Waals surface area contributed by atoms with Crippen LogP contribution in [0, 0.1) is 17.7 Å². The molecule has 0 bridgehead atoms. The Morgan fingerprint density at radius 3 is 2.55 bits per heavy atom. The van der Waals surface area contributed by atoms with Crippen molar-refractivity contribution in [1.82, 2.24) is 4.31 Å². The number of benzene rings is 1. The summed E-state index contributed by atoms with van der Waals surface area (Å²) in [6.45, 7) is 0.886. The van der Waals surface area contributed by atoms with Crippen LogP contribution in [0.4, 0.5) is 4.39 Å². The van der Waals surface area contributed by atoms with Gasteiger partial charge in [0.25, 0.3) is 0 Å². The third kappa shape index (κ3) is 2.45. The van der Waals surface area contributed by atoms with Gasteiger partial charge < -0.3 is 5.73 Å². The van der Waals surface area contributed by atoms with Crippen LogP contribution in [0.5, 0.6) is 0 Å². The number of hydrogen-bond acceptors (Lipinski definition) is 3. The van der Waals surface area contributed by atoms with Gasteiger partial charge in [-0.3, -0.25) is 0 Å². The van der Waals surface area contributed by atoms with Gasteiger partial charge in [0.1, 0.15) is 10.7 Å². The fourth-order valence-corrected chi connectivity index (χ4v) is 4.86. The first-order valence-electron chi connectivity index (χ1n) is 6.50. The van der Waals surface area contributed by atoms with Gasteiger partial charge in [0, 0.05) is 19.1 Å². The number of fused-ring (bicyclic) bond motifs is 1. The Morgan fingerprint density at radius 1 is 1.20 bits per heavy atom. The van der Waals surface area contributed by atoms with E-state index in [2.05, 4.69) is 0 Å². The van der Waals surface area contributed by atoms with E-state index in [4.69, 9.17) is 5.73 Å². The zero-order chi connectivity index (χ0) is 13.6. The van der Waals surface area contributed by atoms with Crippen molar-refractivity contribution < 1.29 is 12.8 Å². The molecular weight excluding hydrogens is 303 g/mol. The molecule has 1 aromatic carbocycles. The molecular formula is C13H18ClFN2O2S. The second kappa shape index (κ2) is 5.60.